The molecule has 0 heteroatoms. The molecule has 0 fully saturated rings. The summed E-state index contributed by atoms with van der Waals surface area (Å²) in [6, 6.07) is 8.92. The van der Waals surface area contributed by atoms with Crippen molar-refractivity contribution in [3.8, 4) is 0 Å². The van der Waals surface area contributed by atoms with E-state index in [1.54, 1.807) is 0 Å². The molecule has 1 aromatic rings. The van der Waals surface area contributed by atoms with Crippen LogP contribution < -0.4 is 0 Å². The molecule has 0 aliphatic heterocycles. The second kappa shape index (κ2) is 5.16. The first-order valence-electron chi connectivity index (χ1n) is 6.18. The third kappa shape index (κ3) is 2.85. The fourth-order valence-corrected chi connectivity index (χ4v) is 2.19. The van der Waals surface area contributed by atoms with Gasteiger partial charge in [-0.2, -0.15) is 0 Å². The molecule has 0 saturated carbocycles. The van der Waals surface area contributed by atoms with Crippen LogP contribution in [-0.2, 0) is 0 Å². The van der Waals surface area contributed by atoms with Gasteiger partial charge in [0.05, 0.1) is 0 Å². The van der Waals surface area contributed by atoms with E-state index in [1.165, 1.54) is 36.0 Å². The van der Waals surface area contributed by atoms with E-state index in [-0.39, 0.29) is 0 Å². The SMILES string of the molecule is Cc1ccc(C(C)CC2=CCCC=C2)cc1. The molecule has 1 atom stereocenters. The Morgan fingerprint density at radius 3 is 2.50 bits per heavy atom. The van der Waals surface area contributed by atoms with Gasteiger partial charge in [-0.15, -0.1) is 0 Å². The molecule has 0 N–H and O–H groups in total. The van der Waals surface area contributed by atoms with Crippen molar-refractivity contribution >= 4 is 0 Å². The number of aryl methyl sites for hydroxylation is 1. The van der Waals surface area contributed by atoms with Gasteiger partial charge >= 0.3 is 0 Å². The lowest BCUT2D eigenvalue weighted by Gasteiger charge is -2.14. The Bertz CT molecular complexity index is 393. The van der Waals surface area contributed by atoms with Gasteiger partial charge in [0.15, 0.2) is 0 Å². The Morgan fingerprint density at radius 1 is 1.12 bits per heavy atom. The second-order valence-electron chi connectivity index (χ2n) is 4.77. The molecule has 0 aromatic heterocycles. The molecule has 1 unspecified atom stereocenters. The molecule has 0 nitrogen and oxygen atoms in total. The van der Waals surface area contributed by atoms with E-state index >= 15 is 0 Å². The monoisotopic (exact) mass is 212 g/mol. The van der Waals surface area contributed by atoms with Crippen molar-refractivity contribution in [3.63, 3.8) is 0 Å². The van der Waals surface area contributed by atoms with Crippen LogP contribution in [0.2, 0.25) is 0 Å². The van der Waals surface area contributed by atoms with Crippen molar-refractivity contribution in [3.05, 3.63) is 59.2 Å². The first-order chi connectivity index (χ1) is 7.75. The van der Waals surface area contributed by atoms with Crippen molar-refractivity contribution in [1.82, 2.24) is 0 Å². The van der Waals surface area contributed by atoms with Crippen LogP contribution >= 0.6 is 0 Å². The Kier molecular flexibility index (Phi) is 3.61. The van der Waals surface area contributed by atoms with Crippen LogP contribution in [0.15, 0.2) is 48.1 Å². The van der Waals surface area contributed by atoms with E-state index in [1.807, 2.05) is 0 Å². The summed E-state index contributed by atoms with van der Waals surface area (Å²) in [5.41, 5.74) is 4.29. The number of hydrogen-bond donors (Lipinski definition) is 0. The maximum absolute atomic E-state index is 2.38. The maximum Gasteiger partial charge on any atom is -0.0150 e. The van der Waals surface area contributed by atoms with Crippen LogP contribution in [0.1, 0.15) is 43.2 Å². The van der Waals surface area contributed by atoms with Crippen molar-refractivity contribution in [2.45, 2.75) is 39.0 Å². The van der Waals surface area contributed by atoms with Crippen molar-refractivity contribution in [1.29, 1.82) is 0 Å². The molecule has 0 bridgehead atoms. The minimum Gasteiger partial charge on any atom is -0.0840 e. The van der Waals surface area contributed by atoms with Gasteiger partial charge in [0.2, 0.25) is 0 Å². The van der Waals surface area contributed by atoms with Crippen molar-refractivity contribution in [2.75, 3.05) is 0 Å². The largest absolute Gasteiger partial charge is 0.0840 e. The molecule has 1 aliphatic rings. The van der Waals surface area contributed by atoms with Crippen LogP contribution in [0.25, 0.3) is 0 Å². The molecule has 1 aliphatic carbocycles. The quantitative estimate of drug-likeness (QED) is 0.677. The zero-order chi connectivity index (χ0) is 11.4. The Labute approximate surface area is 98.7 Å². The van der Waals surface area contributed by atoms with E-state index in [2.05, 4.69) is 56.3 Å². The summed E-state index contributed by atoms with van der Waals surface area (Å²) in [7, 11) is 0. The summed E-state index contributed by atoms with van der Waals surface area (Å²) in [5, 5.41) is 0. The lowest BCUT2D eigenvalue weighted by molar-refractivity contribution is 0.754. The van der Waals surface area contributed by atoms with Crippen LogP contribution in [0, 0.1) is 6.92 Å². The first kappa shape index (κ1) is 11.2. The molecular weight excluding hydrogens is 192 g/mol. The number of benzene rings is 1. The molecular formula is C16H20. The minimum atomic E-state index is 0.620. The van der Waals surface area contributed by atoms with Crippen molar-refractivity contribution < 1.29 is 0 Å². The van der Waals surface area contributed by atoms with Gasteiger partial charge < -0.3 is 0 Å². The summed E-state index contributed by atoms with van der Waals surface area (Å²) in [4.78, 5) is 0. The lowest BCUT2D eigenvalue weighted by atomic mass is 9.91. The molecule has 0 heterocycles. The topological polar surface area (TPSA) is 0 Å². The normalized spacial score (nSPS) is 17.0. The zero-order valence-electron chi connectivity index (χ0n) is 10.2. The van der Waals surface area contributed by atoms with Gasteiger partial charge in [-0.25, -0.2) is 0 Å². The number of rotatable bonds is 3. The molecule has 0 saturated heterocycles. The fourth-order valence-electron chi connectivity index (χ4n) is 2.19. The highest BCUT2D eigenvalue weighted by Crippen LogP contribution is 2.25. The van der Waals surface area contributed by atoms with E-state index < -0.39 is 0 Å². The summed E-state index contributed by atoms with van der Waals surface area (Å²) in [6.45, 7) is 4.45. The summed E-state index contributed by atoms with van der Waals surface area (Å²) in [5.74, 6) is 0.620. The van der Waals surface area contributed by atoms with E-state index in [0.717, 1.165) is 0 Å². The predicted octanol–water partition coefficient (Wildman–Crippen LogP) is 4.77. The van der Waals surface area contributed by atoms with E-state index in [4.69, 9.17) is 0 Å². The highest BCUT2D eigenvalue weighted by Gasteiger charge is 2.07. The molecule has 0 spiro atoms. The van der Waals surface area contributed by atoms with Gasteiger partial charge in [-0.1, -0.05) is 60.6 Å². The summed E-state index contributed by atoms with van der Waals surface area (Å²) < 4.78 is 0. The van der Waals surface area contributed by atoms with Crippen LogP contribution in [-0.4, -0.2) is 0 Å². The molecule has 2 rings (SSSR count). The minimum absolute atomic E-state index is 0.620. The van der Waals surface area contributed by atoms with Gasteiger partial charge in [0.1, 0.15) is 0 Å². The standard InChI is InChI=1S/C16H20/c1-13-8-10-16(11-9-13)14(2)12-15-6-4-3-5-7-15/h4,6-11,14H,3,5,12H2,1-2H3. The van der Waals surface area contributed by atoms with Gasteiger partial charge in [-0.3, -0.25) is 0 Å². The van der Waals surface area contributed by atoms with Gasteiger partial charge in [0.25, 0.3) is 0 Å². The third-order valence-corrected chi connectivity index (χ3v) is 3.26. The first-order valence-corrected chi connectivity index (χ1v) is 6.18. The van der Waals surface area contributed by atoms with Crippen LogP contribution in [0.4, 0.5) is 0 Å². The Morgan fingerprint density at radius 2 is 1.88 bits per heavy atom. The number of allylic oxidation sites excluding steroid dienone is 4. The molecule has 84 valence electrons. The molecule has 0 amide bonds. The third-order valence-electron chi connectivity index (χ3n) is 3.26. The Balaban J connectivity index is 2.02. The highest BCUT2D eigenvalue weighted by molar-refractivity contribution is 5.29. The Hall–Kier alpha value is -1.30. The summed E-state index contributed by atoms with van der Waals surface area (Å²) >= 11 is 0. The predicted molar refractivity (Wildman–Crippen MR) is 70.7 cm³/mol. The highest BCUT2D eigenvalue weighted by atomic mass is 14.1. The summed E-state index contributed by atoms with van der Waals surface area (Å²) in [6.07, 6.45) is 10.5. The van der Waals surface area contributed by atoms with Crippen LogP contribution in [0.5, 0.6) is 0 Å². The van der Waals surface area contributed by atoms with Crippen molar-refractivity contribution in [2.24, 2.45) is 0 Å². The zero-order valence-corrected chi connectivity index (χ0v) is 10.2. The van der Waals surface area contributed by atoms with E-state index in [0.29, 0.717) is 5.92 Å². The van der Waals surface area contributed by atoms with E-state index in [9.17, 15) is 0 Å². The second-order valence-corrected chi connectivity index (χ2v) is 4.77. The lowest BCUT2D eigenvalue weighted by Crippen LogP contribution is -1.96. The number of hydrogen-bond acceptors (Lipinski definition) is 0. The molecule has 0 radical (unpaired) electrons. The fraction of sp³-hybridized carbons (Fsp3) is 0.375. The average molecular weight is 212 g/mol. The maximum atomic E-state index is 2.38. The van der Waals surface area contributed by atoms with Gasteiger partial charge in [-0.05, 0) is 37.7 Å². The smallest absolute Gasteiger partial charge is 0.0150 e. The van der Waals surface area contributed by atoms with Gasteiger partial charge in [0, 0.05) is 0 Å². The average Bonchev–Trinajstić information content (AvgIpc) is 2.31. The molecule has 1 aromatic carbocycles. The molecule has 16 heavy (non-hydrogen) atoms. The van der Waals surface area contributed by atoms with Crippen LogP contribution in [0.3, 0.4) is 0 Å².